The molecule has 0 fully saturated rings. The SMILES string of the molecule is CCCC(CC)NC(=O)c1cc(Cl)ccc1NC. The first-order valence-corrected chi connectivity index (χ1v) is 6.78. The molecule has 1 aromatic rings. The fourth-order valence-corrected chi connectivity index (χ4v) is 2.08. The average molecular weight is 269 g/mol. The first kappa shape index (κ1) is 14.8. The van der Waals surface area contributed by atoms with Gasteiger partial charge in [0.15, 0.2) is 0 Å². The van der Waals surface area contributed by atoms with Crippen LogP contribution in [0.3, 0.4) is 0 Å². The number of hydrogen-bond acceptors (Lipinski definition) is 2. The van der Waals surface area contributed by atoms with Crippen molar-refractivity contribution >= 4 is 23.2 Å². The third kappa shape index (κ3) is 3.91. The molecule has 0 saturated heterocycles. The van der Waals surface area contributed by atoms with Gasteiger partial charge in [0.2, 0.25) is 0 Å². The van der Waals surface area contributed by atoms with Crippen molar-refractivity contribution in [3.8, 4) is 0 Å². The van der Waals surface area contributed by atoms with Crippen molar-refractivity contribution in [1.82, 2.24) is 5.32 Å². The number of halogens is 1. The van der Waals surface area contributed by atoms with E-state index >= 15 is 0 Å². The molecule has 0 radical (unpaired) electrons. The Kier molecular flexibility index (Phi) is 5.99. The lowest BCUT2D eigenvalue weighted by atomic mass is 10.1. The van der Waals surface area contributed by atoms with Gasteiger partial charge in [-0.25, -0.2) is 0 Å². The maximum atomic E-state index is 12.2. The second kappa shape index (κ2) is 7.27. The van der Waals surface area contributed by atoms with Crippen LogP contribution in [-0.2, 0) is 0 Å². The van der Waals surface area contributed by atoms with Crippen molar-refractivity contribution in [2.45, 2.75) is 39.2 Å². The molecule has 0 bridgehead atoms. The first-order valence-electron chi connectivity index (χ1n) is 6.40. The lowest BCUT2D eigenvalue weighted by Gasteiger charge is -2.17. The summed E-state index contributed by atoms with van der Waals surface area (Å²) in [6.07, 6.45) is 3.00. The van der Waals surface area contributed by atoms with E-state index in [1.54, 1.807) is 19.2 Å². The topological polar surface area (TPSA) is 41.1 Å². The van der Waals surface area contributed by atoms with Gasteiger partial charge in [0.05, 0.1) is 5.56 Å². The van der Waals surface area contributed by atoms with E-state index in [4.69, 9.17) is 11.6 Å². The molecule has 100 valence electrons. The molecule has 1 rings (SSSR count). The fourth-order valence-electron chi connectivity index (χ4n) is 1.91. The number of hydrogen-bond donors (Lipinski definition) is 2. The molecule has 0 spiro atoms. The molecule has 0 heterocycles. The first-order chi connectivity index (χ1) is 8.62. The van der Waals surface area contributed by atoms with E-state index in [-0.39, 0.29) is 11.9 Å². The summed E-state index contributed by atoms with van der Waals surface area (Å²) in [7, 11) is 1.80. The summed E-state index contributed by atoms with van der Waals surface area (Å²) in [6.45, 7) is 4.20. The highest BCUT2D eigenvalue weighted by Gasteiger charge is 2.14. The van der Waals surface area contributed by atoms with Crippen LogP contribution in [0.5, 0.6) is 0 Å². The quantitative estimate of drug-likeness (QED) is 0.826. The zero-order chi connectivity index (χ0) is 13.5. The fraction of sp³-hybridized carbons (Fsp3) is 0.500. The number of anilines is 1. The Morgan fingerprint density at radius 2 is 2.11 bits per heavy atom. The molecular formula is C14H21ClN2O. The Morgan fingerprint density at radius 3 is 2.67 bits per heavy atom. The zero-order valence-corrected chi connectivity index (χ0v) is 12.0. The highest BCUT2D eigenvalue weighted by molar-refractivity contribution is 6.31. The molecule has 4 heteroatoms. The standard InChI is InChI=1S/C14H21ClN2O/c1-4-6-11(5-2)17-14(18)12-9-10(15)7-8-13(12)16-3/h7-9,11,16H,4-6H2,1-3H3,(H,17,18). The largest absolute Gasteiger partial charge is 0.387 e. The molecule has 0 aliphatic rings. The van der Waals surface area contributed by atoms with E-state index in [0.29, 0.717) is 10.6 Å². The molecule has 1 aromatic carbocycles. The average Bonchev–Trinajstić information content (AvgIpc) is 2.38. The highest BCUT2D eigenvalue weighted by Crippen LogP contribution is 2.20. The normalized spacial score (nSPS) is 12.0. The number of amides is 1. The Labute approximate surface area is 114 Å². The Hall–Kier alpha value is -1.22. The molecule has 1 amide bonds. The van der Waals surface area contributed by atoms with Crippen LogP contribution < -0.4 is 10.6 Å². The van der Waals surface area contributed by atoms with Crippen molar-refractivity contribution in [1.29, 1.82) is 0 Å². The lowest BCUT2D eigenvalue weighted by Crippen LogP contribution is -2.34. The summed E-state index contributed by atoms with van der Waals surface area (Å²) in [5, 5.41) is 6.63. The summed E-state index contributed by atoms with van der Waals surface area (Å²) in [5.41, 5.74) is 1.39. The minimum atomic E-state index is -0.0675. The van der Waals surface area contributed by atoms with Crippen LogP contribution in [0.15, 0.2) is 18.2 Å². The molecule has 0 aromatic heterocycles. The van der Waals surface area contributed by atoms with Crippen LogP contribution in [0.25, 0.3) is 0 Å². The number of carbonyl (C=O) groups excluding carboxylic acids is 1. The Balaban J connectivity index is 2.85. The van der Waals surface area contributed by atoms with Gasteiger partial charge < -0.3 is 10.6 Å². The lowest BCUT2D eigenvalue weighted by molar-refractivity contribution is 0.0934. The number of carbonyl (C=O) groups is 1. The molecular weight excluding hydrogens is 248 g/mol. The van der Waals surface area contributed by atoms with E-state index in [1.807, 2.05) is 6.07 Å². The molecule has 18 heavy (non-hydrogen) atoms. The Morgan fingerprint density at radius 1 is 1.39 bits per heavy atom. The highest BCUT2D eigenvalue weighted by atomic mass is 35.5. The number of benzene rings is 1. The van der Waals surface area contributed by atoms with Crippen LogP contribution in [0.4, 0.5) is 5.69 Å². The van der Waals surface area contributed by atoms with Crippen LogP contribution in [0.2, 0.25) is 5.02 Å². The van der Waals surface area contributed by atoms with Gasteiger partial charge in [0, 0.05) is 23.8 Å². The van der Waals surface area contributed by atoms with Crippen LogP contribution >= 0.6 is 11.6 Å². The summed E-state index contributed by atoms with van der Waals surface area (Å²) in [4.78, 5) is 12.2. The second-order valence-corrected chi connectivity index (χ2v) is 4.74. The summed E-state index contributed by atoms with van der Waals surface area (Å²) < 4.78 is 0. The van der Waals surface area contributed by atoms with Gasteiger partial charge in [-0.05, 0) is 31.0 Å². The van der Waals surface area contributed by atoms with Crippen molar-refractivity contribution in [3.05, 3.63) is 28.8 Å². The summed E-state index contributed by atoms with van der Waals surface area (Å²) >= 11 is 5.94. The minimum Gasteiger partial charge on any atom is -0.387 e. The molecule has 2 N–H and O–H groups in total. The van der Waals surface area contributed by atoms with E-state index in [0.717, 1.165) is 24.9 Å². The Bertz CT molecular complexity index is 407. The third-order valence-corrected chi connectivity index (χ3v) is 3.20. The van der Waals surface area contributed by atoms with Crippen molar-refractivity contribution in [3.63, 3.8) is 0 Å². The van der Waals surface area contributed by atoms with Gasteiger partial charge in [-0.2, -0.15) is 0 Å². The smallest absolute Gasteiger partial charge is 0.253 e. The number of rotatable bonds is 6. The minimum absolute atomic E-state index is 0.0675. The maximum absolute atomic E-state index is 12.2. The monoisotopic (exact) mass is 268 g/mol. The van der Waals surface area contributed by atoms with Crippen LogP contribution in [0, 0.1) is 0 Å². The number of nitrogens with one attached hydrogen (secondary N) is 2. The van der Waals surface area contributed by atoms with Gasteiger partial charge in [-0.1, -0.05) is 31.9 Å². The molecule has 1 atom stereocenters. The van der Waals surface area contributed by atoms with E-state index in [1.165, 1.54) is 0 Å². The van der Waals surface area contributed by atoms with Crippen molar-refractivity contribution in [2.75, 3.05) is 12.4 Å². The van der Waals surface area contributed by atoms with Crippen LogP contribution in [-0.4, -0.2) is 19.0 Å². The summed E-state index contributed by atoms with van der Waals surface area (Å²) in [6, 6.07) is 5.51. The molecule has 0 saturated carbocycles. The van der Waals surface area contributed by atoms with E-state index < -0.39 is 0 Å². The van der Waals surface area contributed by atoms with E-state index in [2.05, 4.69) is 24.5 Å². The van der Waals surface area contributed by atoms with Crippen molar-refractivity contribution in [2.24, 2.45) is 0 Å². The predicted molar refractivity (Wildman–Crippen MR) is 77.5 cm³/mol. The molecule has 0 aliphatic heterocycles. The predicted octanol–water partition coefficient (Wildman–Crippen LogP) is 3.69. The van der Waals surface area contributed by atoms with Gasteiger partial charge in [0.25, 0.3) is 5.91 Å². The van der Waals surface area contributed by atoms with Gasteiger partial charge >= 0.3 is 0 Å². The molecule has 0 aliphatic carbocycles. The zero-order valence-electron chi connectivity index (χ0n) is 11.2. The maximum Gasteiger partial charge on any atom is 0.253 e. The van der Waals surface area contributed by atoms with Gasteiger partial charge in [0.1, 0.15) is 0 Å². The van der Waals surface area contributed by atoms with Gasteiger partial charge in [-0.3, -0.25) is 4.79 Å². The third-order valence-electron chi connectivity index (χ3n) is 2.96. The van der Waals surface area contributed by atoms with E-state index in [9.17, 15) is 4.79 Å². The van der Waals surface area contributed by atoms with Crippen molar-refractivity contribution < 1.29 is 4.79 Å². The molecule has 3 nitrogen and oxygen atoms in total. The molecule has 1 unspecified atom stereocenters. The van der Waals surface area contributed by atoms with Crippen LogP contribution in [0.1, 0.15) is 43.5 Å². The van der Waals surface area contributed by atoms with Gasteiger partial charge in [-0.15, -0.1) is 0 Å². The summed E-state index contributed by atoms with van der Waals surface area (Å²) in [5.74, 6) is -0.0675. The second-order valence-electron chi connectivity index (χ2n) is 4.31.